The average molecular weight is 278 g/mol. The highest BCUT2D eigenvalue weighted by Gasteiger charge is 2.45. The van der Waals surface area contributed by atoms with Crippen LogP contribution in [-0.2, 0) is 16.8 Å². The van der Waals surface area contributed by atoms with Crippen molar-refractivity contribution < 1.29 is 19.7 Å². The number of hydrogen-bond donors (Lipinski definition) is 3. The number of hydrogen-bond acceptors (Lipinski definition) is 5. The predicted molar refractivity (Wildman–Crippen MR) is 73.3 cm³/mol. The number of fused-ring (bicyclic) bond motifs is 3. The molecule has 1 aromatic rings. The molecule has 108 valence electrons. The summed E-state index contributed by atoms with van der Waals surface area (Å²) in [6, 6.07) is 1.66. The van der Waals surface area contributed by atoms with E-state index in [4.69, 9.17) is 10.5 Å². The standard InChI is InChI=1S/C14H18N2O4/c1-16-5-3-8-7-9(17)12-10(11(8)16)14(15,13(18)19)4-2-6-20-12/h7,17H,2-6,15H2,1H3,(H,18,19). The number of rotatable bonds is 1. The van der Waals surface area contributed by atoms with Crippen LogP contribution < -0.4 is 15.4 Å². The van der Waals surface area contributed by atoms with E-state index in [0.717, 1.165) is 24.2 Å². The summed E-state index contributed by atoms with van der Waals surface area (Å²) < 4.78 is 5.58. The molecule has 0 radical (unpaired) electrons. The fourth-order valence-corrected chi connectivity index (χ4v) is 3.15. The van der Waals surface area contributed by atoms with Gasteiger partial charge in [-0.05, 0) is 30.9 Å². The second-order valence-electron chi connectivity index (χ2n) is 5.51. The van der Waals surface area contributed by atoms with Crippen LogP contribution in [0.25, 0.3) is 0 Å². The quantitative estimate of drug-likeness (QED) is 0.703. The van der Waals surface area contributed by atoms with Gasteiger partial charge in [-0.25, -0.2) is 4.79 Å². The Kier molecular flexibility index (Phi) is 2.79. The highest BCUT2D eigenvalue weighted by atomic mass is 16.5. The lowest BCUT2D eigenvalue weighted by molar-refractivity contribution is -0.144. The van der Waals surface area contributed by atoms with Crippen LogP contribution >= 0.6 is 0 Å². The number of aliphatic carboxylic acids is 1. The zero-order valence-electron chi connectivity index (χ0n) is 11.3. The Labute approximate surface area is 116 Å². The highest BCUT2D eigenvalue weighted by molar-refractivity contribution is 5.87. The number of carbonyl (C=O) groups is 1. The zero-order valence-corrected chi connectivity index (χ0v) is 11.3. The van der Waals surface area contributed by atoms with E-state index in [2.05, 4.69) is 0 Å². The van der Waals surface area contributed by atoms with Gasteiger partial charge in [0.2, 0.25) is 0 Å². The molecule has 6 nitrogen and oxygen atoms in total. The van der Waals surface area contributed by atoms with Gasteiger partial charge >= 0.3 is 5.97 Å². The van der Waals surface area contributed by atoms with E-state index in [1.807, 2.05) is 11.9 Å². The number of aromatic hydroxyl groups is 1. The average Bonchev–Trinajstić information content (AvgIpc) is 2.65. The first-order valence-electron chi connectivity index (χ1n) is 6.70. The summed E-state index contributed by atoms with van der Waals surface area (Å²) in [5.41, 5.74) is 6.81. The van der Waals surface area contributed by atoms with Crippen molar-refractivity contribution in [3.63, 3.8) is 0 Å². The Morgan fingerprint density at radius 3 is 3.00 bits per heavy atom. The summed E-state index contributed by atoms with van der Waals surface area (Å²) in [6.07, 6.45) is 1.59. The van der Waals surface area contributed by atoms with Gasteiger partial charge in [-0.1, -0.05) is 0 Å². The van der Waals surface area contributed by atoms with E-state index in [1.54, 1.807) is 6.07 Å². The largest absolute Gasteiger partial charge is 0.504 e. The SMILES string of the molecule is CN1CCc2cc(O)c3c(c21)C(N)(C(=O)O)CCCO3. The van der Waals surface area contributed by atoms with E-state index in [-0.39, 0.29) is 11.5 Å². The van der Waals surface area contributed by atoms with Crippen molar-refractivity contribution in [1.82, 2.24) is 0 Å². The molecule has 1 unspecified atom stereocenters. The van der Waals surface area contributed by atoms with Crippen LogP contribution in [-0.4, -0.2) is 36.4 Å². The van der Waals surface area contributed by atoms with Crippen LogP contribution in [0.5, 0.6) is 11.5 Å². The molecule has 2 aliphatic heterocycles. The van der Waals surface area contributed by atoms with Crippen LogP contribution in [0.2, 0.25) is 0 Å². The summed E-state index contributed by atoms with van der Waals surface area (Å²) in [7, 11) is 1.90. The number of likely N-dealkylation sites (N-methyl/N-ethyl adjacent to an activating group) is 1. The van der Waals surface area contributed by atoms with Crippen LogP contribution in [0.1, 0.15) is 24.0 Å². The fraction of sp³-hybridized carbons (Fsp3) is 0.500. The lowest BCUT2D eigenvalue weighted by Gasteiger charge is -2.29. The van der Waals surface area contributed by atoms with Crippen molar-refractivity contribution in [3.8, 4) is 11.5 Å². The molecule has 20 heavy (non-hydrogen) atoms. The predicted octanol–water partition coefficient (Wildman–Crippen LogP) is 0.796. The normalized spacial score (nSPS) is 24.6. The van der Waals surface area contributed by atoms with Gasteiger partial charge in [-0.15, -0.1) is 0 Å². The van der Waals surface area contributed by atoms with E-state index >= 15 is 0 Å². The summed E-state index contributed by atoms with van der Waals surface area (Å²) in [5.74, 6) is -0.885. The third-order valence-corrected chi connectivity index (χ3v) is 4.20. The first-order valence-corrected chi connectivity index (χ1v) is 6.70. The molecular weight excluding hydrogens is 260 g/mol. The maximum atomic E-state index is 11.7. The molecular formula is C14H18N2O4. The topological polar surface area (TPSA) is 96.0 Å². The molecule has 1 aromatic carbocycles. The van der Waals surface area contributed by atoms with Crippen molar-refractivity contribution in [2.24, 2.45) is 5.73 Å². The summed E-state index contributed by atoms with van der Waals surface area (Å²) in [6.45, 7) is 1.14. The van der Waals surface area contributed by atoms with Crippen molar-refractivity contribution >= 4 is 11.7 Å². The van der Waals surface area contributed by atoms with Crippen molar-refractivity contribution in [2.45, 2.75) is 24.8 Å². The van der Waals surface area contributed by atoms with Gasteiger partial charge in [0.25, 0.3) is 0 Å². The molecule has 1 atom stereocenters. The molecule has 3 rings (SSSR count). The van der Waals surface area contributed by atoms with Crippen LogP contribution in [0.15, 0.2) is 6.07 Å². The third kappa shape index (κ3) is 1.64. The minimum atomic E-state index is -1.52. The van der Waals surface area contributed by atoms with Crippen molar-refractivity contribution in [1.29, 1.82) is 0 Å². The molecule has 0 aliphatic carbocycles. The number of phenols is 1. The van der Waals surface area contributed by atoms with Gasteiger partial charge in [0, 0.05) is 19.3 Å². The smallest absolute Gasteiger partial charge is 0.328 e. The van der Waals surface area contributed by atoms with Gasteiger partial charge in [0.15, 0.2) is 11.5 Å². The van der Waals surface area contributed by atoms with Crippen LogP contribution in [0, 0.1) is 0 Å². The van der Waals surface area contributed by atoms with Crippen molar-refractivity contribution in [3.05, 3.63) is 17.2 Å². The number of anilines is 1. The molecule has 0 aromatic heterocycles. The number of carboxylic acids is 1. The Balaban J connectivity index is 2.34. The van der Waals surface area contributed by atoms with Gasteiger partial charge < -0.3 is 25.6 Å². The maximum Gasteiger partial charge on any atom is 0.328 e. The zero-order chi connectivity index (χ0) is 14.5. The summed E-state index contributed by atoms with van der Waals surface area (Å²) in [5, 5.41) is 19.8. The van der Waals surface area contributed by atoms with Crippen LogP contribution in [0.3, 0.4) is 0 Å². The molecule has 4 N–H and O–H groups in total. The molecule has 2 heterocycles. The number of nitrogens with zero attached hydrogens (tertiary/aromatic N) is 1. The van der Waals surface area contributed by atoms with E-state index in [9.17, 15) is 15.0 Å². The van der Waals surface area contributed by atoms with E-state index in [0.29, 0.717) is 25.0 Å². The molecule has 0 bridgehead atoms. The highest BCUT2D eigenvalue weighted by Crippen LogP contribution is 2.49. The number of phenolic OH excluding ortho intramolecular Hbond substituents is 1. The second kappa shape index (κ2) is 4.28. The summed E-state index contributed by atoms with van der Waals surface area (Å²) in [4.78, 5) is 13.7. The lowest BCUT2D eigenvalue weighted by Crippen LogP contribution is -2.45. The molecule has 6 heteroatoms. The lowest BCUT2D eigenvalue weighted by atomic mass is 9.84. The van der Waals surface area contributed by atoms with Gasteiger partial charge in [-0.3, -0.25) is 0 Å². The number of nitrogens with two attached hydrogens (primary N) is 1. The Bertz CT molecular complexity index is 587. The Hall–Kier alpha value is -1.95. The number of carboxylic acid groups (broad SMARTS) is 1. The van der Waals surface area contributed by atoms with Crippen LogP contribution in [0.4, 0.5) is 5.69 Å². The number of ether oxygens (including phenoxy) is 1. The first-order chi connectivity index (χ1) is 9.45. The van der Waals surface area contributed by atoms with Gasteiger partial charge in [-0.2, -0.15) is 0 Å². The Morgan fingerprint density at radius 2 is 2.30 bits per heavy atom. The molecule has 0 amide bonds. The maximum absolute atomic E-state index is 11.7. The summed E-state index contributed by atoms with van der Waals surface area (Å²) >= 11 is 0. The van der Waals surface area contributed by atoms with E-state index in [1.165, 1.54) is 0 Å². The molecule has 0 fully saturated rings. The molecule has 2 aliphatic rings. The van der Waals surface area contributed by atoms with E-state index < -0.39 is 11.5 Å². The van der Waals surface area contributed by atoms with Crippen molar-refractivity contribution in [2.75, 3.05) is 25.1 Å². The molecule has 0 saturated carbocycles. The Morgan fingerprint density at radius 1 is 1.55 bits per heavy atom. The second-order valence-corrected chi connectivity index (χ2v) is 5.51. The first kappa shape index (κ1) is 13.1. The van der Waals surface area contributed by atoms with Gasteiger partial charge in [0.05, 0.1) is 12.2 Å². The third-order valence-electron chi connectivity index (χ3n) is 4.20. The minimum Gasteiger partial charge on any atom is -0.504 e. The molecule has 0 saturated heterocycles. The number of benzene rings is 1. The monoisotopic (exact) mass is 278 g/mol. The fourth-order valence-electron chi connectivity index (χ4n) is 3.15. The minimum absolute atomic E-state index is 0.0213. The van der Waals surface area contributed by atoms with Gasteiger partial charge in [0.1, 0.15) is 5.54 Å². The molecule has 0 spiro atoms.